The van der Waals surface area contributed by atoms with E-state index < -0.39 is 0 Å². The van der Waals surface area contributed by atoms with Gasteiger partial charge in [-0.15, -0.1) is 11.3 Å². The highest BCUT2D eigenvalue weighted by Gasteiger charge is 2.07. The zero-order valence-electron chi connectivity index (χ0n) is 11.2. The second-order valence-corrected chi connectivity index (χ2v) is 5.99. The first-order valence-corrected chi connectivity index (χ1v) is 7.84. The first-order valence-electron chi connectivity index (χ1n) is 6.58. The van der Waals surface area contributed by atoms with E-state index in [0.717, 1.165) is 27.2 Å². The lowest BCUT2D eigenvalue weighted by atomic mass is 10.1. The fourth-order valence-corrected chi connectivity index (χ4v) is 2.91. The summed E-state index contributed by atoms with van der Waals surface area (Å²) in [6, 6.07) is 13.2. The van der Waals surface area contributed by atoms with Gasteiger partial charge in [-0.1, -0.05) is 23.7 Å². The standard InChI is InChI=1S/C16H13ClN2OS/c17-13-4-1-11(2-5-13)7-8-18-16(20)12-3-6-14-15(9-12)21-10-19-14/h1-6,9-10H,7-8H2,(H,18,20). The lowest BCUT2D eigenvalue weighted by Gasteiger charge is -2.05. The van der Waals surface area contributed by atoms with Gasteiger partial charge in [0.1, 0.15) is 0 Å². The van der Waals surface area contributed by atoms with Crippen LogP contribution in [-0.2, 0) is 6.42 Å². The van der Waals surface area contributed by atoms with Gasteiger partial charge >= 0.3 is 0 Å². The second-order valence-electron chi connectivity index (χ2n) is 4.67. The van der Waals surface area contributed by atoms with Gasteiger partial charge < -0.3 is 5.32 Å². The largest absolute Gasteiger partial charge is 0.352 e. The van der Waals surface area contributed by atoms with E-state index in [1.165, 1.54) is 11.3 Å². The molecule has 1 amide bonds. The molecule has 0 saturated carbocycles. The number of amides is 1. The molecule has 3 rings (SSSR count). The molecule has 0 radical (unpaired) electrons. The van der Waals surface area contributed by atoms with Crippen LogP contribution >= 0.6 is 22.9 Å². The van der Waals surface area contributed by atoms with Gasteiger partial charge in [-0.3, -0.25) is 4.79 Å². The van der Waals surface area contributed by atoms with Gasteiger partial charge in [-0.05, 0) is 42.3 Å². The van der Waals surface area contributed by atoms with Gasteiger partial charge in [0, 0.05) is 17.1 Å². The maximum Gasteiger partial charge on any atom is 0.251 e. The van der Waals surface area contributed by atoms with E-state index in [9.17, 15) is 4.79 Å². The van der Waals surface area contributed by atoms with Crippen molar-refractivity contribution in [3.05, 3.63) is 64.1 Å². The molecule has 0 fully saturated rings. The van der Waals surface area contributed by atoms with Gasteiger partial charge in [0.15, 0.2) is 0 Å². The number of carbonyl (C=O) groups excluding carboxylic acids is 1. The molecule has 1 aromatic heterocycles. The molecule has 1 heterocycles. The number of benzene rings is 2. The minimum absolute atomic E-state index is 0.0562. The van der Waals surface area contributed by atoms with Crippen molar-refractivity contribution in [2.24, 2.45) is 0 Å². The average molecular weight is 317 g/mol. The highest BCUT2D eigenvalue weighted by atomic mass is 35.5. The van der Waals surface area contributed by atoms with Gasteiger partial charge in [0.2, 0.25) is 0 Å². The van der Waals surface area contributed by atoms with Crippen molar-refractivity contribution in [2.45, 2.75) is 6.42 Å². The van der Waals surface area contributed by atoms with E-state index in [1.54, 1.807) is 11.6 Å². The minimum atomic E-state index is -0.0562. The van der Waals surface area contributed by atoms with Crippen molar-refractivity contribution >= 4 is 39.1 Å². The average Bonchev–Trinajstić information content (AvgIpc) is 2.96. The van der Waals surface area contributed by atoms with E-state index in [-0.39, 0.29) is 5.91 Å². The van der Waals surface area contributed by atoms with Crippen LogP contribution in [0.5, 0.6) is 0 Å². The smallest absolute Gasteiger partial charge is 0.251 e. The van der Waals surface area contributed by atoms with Crippen molar-refractivity contribution in [3.8, 4) is 0 Å². The third-order valence-electron chi connectivity index (χ3n) is 3.21. The molecule has 3 nitrogen and oxygen atoms in total. The summed E-state index contributed by atoms with van der Waals surface area (Å²) in [4.78, 5) is 16.3. The number of thiazole rings is 1. The number of nitrogens with zero attached hydrogens (tertiary/aromatic N) is 1. The number of hydrogen-bond donors (Lipinski definition) is 1. The van der Waals surface area contributed by atoms with Crippen LogP contribution in [0.15, 0.2) is 48.0 Å². The van der Waals surface area contributed by atoms with Gasteiger partial charge in [-0.2, -0.15) is 0 Å². The predicted molar refractivity (Wildman–Crippen MR) is 87.1 cm³/mol. The first kappa shape index (κ1) is 14.0. The molecule has 0 aliphatic heterocycles. The molecule has 0 aliphatic carbocycles. The van der Waals surface area contributed by atoms with Crippen molar-refractivity contribution in [2.75, 3.05) is 6.54 Å². The number of nitrogens with one attached hydrogen (secondary N) is 1. The number of hydrogen-bond acceptors (Lipinski definition) is 3. The summed E-state index contributed by atoms with van der Waals surface area (Å²) >= 11 is 7.38. The maximum atomic E-state index is 12.1. The zero-order valence-corrected chi connectivity index (χ0v) is 12.7. The van der Waals surface area contributed by atoms with Crippen LogP contribution in [0, 0.1) is 0 Å². The summed E-state index contributed by atoms with van der Waals surface area (Å²) < 4.78 is 1.03. The Hall–Kier alpha value is -1.91. The summed E-state index contributed by atoms with van der Waals surface area (Å²) in [6.45, 7) is 0.598. The van der Waals surface area contributed by atoms with E-state index >= 15 is 0 Å². The molecule has 2 aromatic carbocycles. The van der Waals surface area contributed by atoms with Crippen LogP contribution in [-0.4, -0.2) is 17.4 Å². The number of fused-ring (bicyclic) bond motifs is 1. The molecule has 0 aliphatic rings. The van der Waals surface area contributed by atoms with Crippen molar-refractivity contribution < 1.29 is 4.79 Å². The maximum absolute atomic E-state index is 12.1. The monoisotopic (exact) mass is 316 g/mol. The molecule has 0 atom stereocenters. The summed E-state index contributed by atoms with van der Waals surface area (Å²) in [6.07, 6.45) is 0.783. The van der Waals surface area contributed by atoms with E-state index in [2.05, 4.69) is 10.3 Å². The Kier molecular flexibility index (Phi) is 4.18. The Labute approximate surface area is 131 Å². The highest BCUT2D eigenvalue weighted by Crippen LogP contribution is 2.19. The minimum Gasteiger partial charge on any atom is -0.352 e. The van der Waals surface area contributed by atoms with Crippen LogP contribution in [0.2, 0.25) is 5.02 Å². The van der Waals surface area contributed by atoms with Gasteiger partial charge in [0.05, 0.1) is 15.7 Å². The molecule has 0 bridgehead atoms. The summed E-state index contributed by atoms with van der Waals surface area (Å²) in [7, 11) is 0. The fourth-order valence-electron chi connectivity index (χ4n) is 2.07. The van der Waals surface area contributed by atoms with Gasteiger partial charge in [-0.25, -0.2) is 4.98 Å². The molecular weight excluding hydrogens is 304 g/mol. The van der Waals surface area contributed by atoms with Crippen LogP contribution in [0.4, 0.5) is 0 Å². The Balaban J connectivity index is 1.59. The number of carbonyl (C=O) groups is 1. The predicted octanol–water partition coefficient (Wildman–Crippen LogP) is 3.92. The molecule has 21 heavy (non-hydrogen) atoms. The molecule has 0 saturated heterocycles. The molecule has 0 unspecified atom stereocenters. The Bertz CT molecular complexity index is 767. The van der Waals surface area contributed by atoms with E-state index in [4.69, 9.17) is 11.6 Å². The van der Waals surface area contributed by atoms with Gasteiger partial charge in [0.25, 0.3) is 5.91 Å². The third kappa shape index (κ3) is 3.40. The topological polar surface area (TPSA) is 42.0 Å². The number of aromatic nitrogens is 1. The van der Waals surface area contributed by atoms with Crippen molar-refractivity contribution in [1.29, 1.82) is 0 Å². The molecular formula is C16H13ClN2OS. The lowest BCUT2D eigenvalue weighted by molar-refractivity contribution is 0.0954. The third-order valence-corrected chi connectivity index (χ3v) is 4.25. The van der Waals surface area contributed by atoms with Crippen molar-refractivity contribution in [3.63, 3.8) is 0 Å². The molecule has 0 spiro atoms. The number of rotatable bonds is 4. The summed E-state index contributed by atoms with van der Waals surface area (Å²) in [5.41, 5.74) is 4.53. The van der Waals surface area contributed by atoms with Crippen molar-refractivity contribution in [1.82, 2.24) is 10.3 Å². The molecule has 1 N–H and O–H groups in total. The molecule has 5 heteroatoms. The quantitative estimate of drug-likeness (QED) is 0.792. The normalized spacial score (nSPS) is 10.7. The summed E-state index contributed by atoms with van der Waals surface area (Å²) in [5, 5.41) is 3.65. The molecule has 106 valence electrons. The van der Waals surface area contributed by atoms with Crippen LogP contribution in [0.25, 0.3) is 10.2 Å². The van der Waals surface area contributed by atoms with E-state index in [1.807, 2.05) is 36.4 Å². The fraction of sp³-hybridized carbons (Fsp3) is 0.125. The van der Waals surface area contributed by atoms with E-state index in [0.29, 0.717) is 12.1 Å². The first-order chi connectivity index (χ1) is 10.2. The molecule has 3 aromatic rings. The Morgan fingerprint density at radius 3 is 2.81 bits per heavy atom. The highest BCUT2D eigenvalue weighted by molar-refractivity contribution is 7.16. The zero-order chi connectivity index (χ0) is 14.7. The van der Waals surface area contributed by atoms with Crippen LogP contribution in [0.3, 0.4) is 0 Å². The Morgan fingerprint density at radius 1 is 1.19 bits per heavy atom. The summed E-state index contributed by atoms with van der Waals surface area (Å²) in [5.74, 6) is -0.0562. The number of halogens is 1. The van der Waals surface area contributed by atoms with Crippen LogP contribution in [0.1, 0.15) is 15.9 Å². The Morgan fingerprint density at radius 2 is 2.00 bits per heavy atom. The lowest BCUT2D eigenvalue weighted by Crippen LogP contribution is -2.25. The second kappa shape index (κ2) is 6.24. The SMILES string of the molecule is O=C(NCCc1ccc(Cl)cc1)c1ccc2ncsc2c1. The van der Waals surface area contributed by atoms with Crippen LogP contribution < -0.4 is 5.32 Å².